The molecule has 0 aliphatic heterocycles. The number of hydrogen-bond donors (Lipinski definition) is 1. The van der Waals surface area contributed by atoms with Gasteiger partial charge in [-0.2, -0.15) is 5.26 Å². The highest BCUT2D eigenvalue weighted by Crippen LogP contribution is 2.13. The van der Waals surface area contributed by atoms with Gasteiger partial charge in [-0.3, -0.25) is 0 Å². The van der Waals surface area contributed by atoms with Crippen LogP contribution in [0, 0.1) is 11.3 Å². The highest BCUT2D eigenvalue weighted by atomic mass is 16.4. The molecule has 16 heavy (non-hydrogen) atoms. The number of carboxylic acids is 1. The van der Waals surface area contributed by atoms with Gasteiger partial charge in [0.1, 0.15) is 5.69 Å². The lowest BCUT2D eigenvalue weighted by Gasteiger charge is -2.21. The lowest BCUT2D eigenvalue weighted by Crippen LogP contribution is -2.23. The smallest absolute Gasteiger partial charge is 0.354 e. The number of nitrogens with zero attached hydrogens (tertiary/aromatic N) is 3. The van der Waals surface area contributed by atoms with E-state index < -0.39 is 5.97 Å². The summed E-state index contributed by atoms with van der Waals surface area (Å²) in [6.45, 7) is 3.36. The maximum atomic E-state index is 10.6. The fraction of sp³-hybridized carbons (Fsp3) is 0.364. The van der Waals surface area contributed by atoms with Crippen LogP contribution < -0.4 is 4.90 Å². The van der Waals surface area contributed by atoms with Gasteiger partial charge < -0.3 is 10.0 Å². The molecule has 0 radical (unpaired) electrons. The number of anilines is 1. The molecule has 1 heterocycles. The van der Waals surface area contributed by atoms with Gasteiger partial charge in [0.2, 0.25) is 0 Å². The van der Waals surface area contributed by atoms with E-state index >= 15 is 0 Å². The van der Waals surface area contributed by atoms with Gasteiger partial charge >= 0.3 is 5.97 Å². The van der Waals surface area contributed by atoms with Crippen LogP contribution in [-0.4, -0.2) is 29.1 Å². The molecule has 1 rings (SSSR count). The van der Waals surface area contributed by atoms with E-state index in [1.807, 2.05) is 11.8 Å². The number of aromatic carboxylic acids is 1. The van der Waals surface area contributed by atoms with Gasteiger partial charge in [0, 0.05) is 13.1 Å². The Morgan fingerprint density at radius 2 is 2.38 bits per heavy atom. The minimum atomic E-state index is -1.04. The molecule has 1 aromatic rings. The third-order valence-corrected chi connectivity index (χ3v) is 2.21. The number of aromatic nitrogens is 1. The Morgan fingerprint density at radius 1 is 1.62 bits per heavy atom. The van der Waals surface area contributed by atoms with Crippen LogP contribution in [0.2, 0.25) is 0 Å². The Hall–Kier alpha value is -2.09. The standard InChI is InChI=1S/C11H13N3O2/c1-2-14(7-3-6-12)9-4-5-10(11(15)16)13-8-9/h4-5,8H,2-3,7H2,1H3,(H,15,16). The molecule has 0 fully saturated rings. The molecule has 0 aromatic carbocycles. The summed E-state index contributed by atoms with van der Waals surface area (Å²) in [5.74, 6) is -1.04. The second-order valence-corrected chi connectivity index (χ2v) is 3.19. The first-order valence-corrected chi connectivity index (χ1v) is 5.00. The number of carbonyl (C=O) groups is 1. The molecule has 0 saturated heterocycles. The summed E-state index contributed by atoms with van der Waals surface area (Å²) >= 11 is 0. The molecule has 1 aromatic heterocycles. The van der Waals surface area contributed by atoms with Gasteiger partial charge in [0.05, 0.1) is 24.4 Å². The lowest BCUT2D eigenvalue weighted by molar-refractivity contribution is 0.0690. The van der Waals surface area contributed by atoms with Crippen molar-refractivity contribution in [2.45, 2.75) is 13.3 Å². The molecular formula is C11H13N3O2. The largest absolute Gasteiger partial charge is 0.477 e. The molecule has 0 unspecified atom stereocenters. The van der Waals surface area contributed by atoms with Gasteiger partial charge in [0.15, 0.2) is 0 Å². The molecule has 0 bridgehead atoms. The van der Waals surface area contributed by atoms with Gasteiger partial charge in [0.25, 0.3) is 0 Å². The van der Waals surface area contributed by atoms with Crippen molar-refractivity contribution in [1.29, 1.82) is 5.26 Å². The van der Waals surface area contributed by atoms with Crippen LogP contribution >= 0.6 is 0 Å². The van der Waals surface area contributed by atoms with Crippen LogP contribution in [0.5, 0.6) is 0 Å². The van der Waals surface area contributed by atoms with Crippen LogP contribution in [0.3, 0.4) is 0 Å². The Morgan fingerprint density at radius 3 is 2.81 bits per heavy atom. The molecule has 0 atom stereocenters. The van der Waals surface area contributed by atoms with E-state index in [2.05, 4.69) is 11.1 Å². The summed E-state index contributed by atoms with van der Waals surface area (Å²) in [5.41, 5.74) is 0.864. The lowest BCUT2D eigenvalue weighted by atomic mass is 10.3. The van der Waals surface area contributed by atoms with Gasteiger partial charge in [-0.05, 0) is 19.1 Å². The molecule has 84 valence electrons. The fourth-order valence-corrected chi connectivity index (χ4v) is 1.35. The Kier molecular flexibility index (Phi) is 4.28. The number of carboxylic acid groups (broad SMARTS) is 1. The molecule has 5 heteroatoms. The third-order valence-electron chi connectivity index (χ3n) is 2.21. The summed E-state index contributed by atoms with van der Waals surface area (Å²) in [6, 6.07) is 5.25. The quantitative estimate of drug-likeness (QED) is 0.812. The van der Waals surface area contributed by atoms with Crippen molar-refractivity contribution in [1.82, 2.24) is 4.98 Å². The minimum Gasteiger partial charge on any atom is -0.477 e. The van der Waals surface area contributed by atoms with E-state index in [0.717, 1.165) is 12.2 Å². The topological polar surface area (TPSA) is 77.2 Å². The molecule has 0 aliphatic carbocycles. The Balaban J connectivity index is 2.78. The summed E-state index contributed by atoms with van der Waals surface area (Å²) in [4.78, 5) is 16.4. The molecule has 0 spiro atoms. The monoisotopic (exact) mass is 219 g/mol. The number of nitriles is 1. The van der Waals surface area contributed by atoms with Crippen molar-refractivity contribution in [3.05, 3.63) is 24.0 Å². The molecule has 0 amide bonds. The van der Waals surface area contributed by atoms with Crippen molar-refractivity contribution < 1.29 is 9.90 Å². The average molecular weight is 219 g/mol. The van der Waals surface area contributed by atoms with E-state index in [1.54, 1.807) is 6.07 Å². The highest BCUT2D eigenvalue weighted by molar-refractivity contribution is 5.85. The normalized spacial score (nSPS) is 9.50. The maximum absolute atomic E-state index is 10.6. The van der Waals surface area contributed by atoms with Gasteiger partial charge in [-0.15, -0.1) is 0 Å². The van der Waals surface area contributed by atoms with E-state index in [9.17, 15) is 4.79 Å². The van der Waals surface area contributed by atoms with Crippen LogP contribution in [0.15, 0.2) is 18.3 Å². The number of rotatable bonds is 5. The molecule has 0 aliphatic rings. The number of hydrogen-bond acceptors (Lipinski definition) is 4. The first kappa shape index (κ1) is 12.0. The van der Waals surface area contributed by atoms with E-state index in [1.165, 1.54) is 12.3 Å². The SMILES string of the molecule is CCN(CCC#N)c1ccc(C(=O)O)nc1. The van der Waals surface area contributed by atoms with Crippen molar-refractivity contribution in [3.8, 4) is 6.07 Å². The Bertz CT molecular complexity index is 395. The summed E-state index contributed by atoms with van der Waals surface area (Å²) in [6.07, 6.45) is 1.96. The average Bonchev–Trinajstić information content (AvgIpc) is 2.30. The maximum Gasteiger partial charge on any atom is 0.354 e. The summed E-state index contributed by atoms with van der Waals surface area (Å²) in [7, 11) is 0. The molecular weight excluding hydrogens is 206 g/mol. The molecule has 0 saturated carbocycles. The third kappa shape index (κ3) is 2.95. The minimum absolute atomic E-state index is 0.0279. The summed E-state index contributed by atoms with van der Waals surface area (Å²) in [5, 5.41) is 17.2. The molecule has 5 nitrogen and oxygen atoms in total. The van der Waals surface area contributed by atoms with Gasteiger partial charge in [-0.25, -0.2) is 9.78 Å². The zero-order valence-corrected chi connectivity index (χ0v) is 9.05. The van der Waals surface area contributed by atoms with Crippen LogP contribution in [-0.2, 0) is 0 Å². The van der Waals surface area contributed by atoms with E-state index in [4.69, 9.17) is 10.4 Å². The van der Waals surface area contributed by atoms with Crippen molar-refractivity contribution in [2.24, 2.45) is 0 Å². The first-order chi connectivity index (χ1) is 7.69. The second kappa shape index (κ2) is 5.71. The molecule has 1 N–H and O–H groups in total. The fourth-order valence-electron chi connectivity index (χ4n) is 1.35. The predicted molar refractivity (Wildman–Crippen MR) is 59.3 cm³/mol. The zero-order valence-electron chi connectivity index (χ0n) is 9.05. The van der Waals surface area contributed by atoms with Gasteiger partial charge in [-0.1, -0.05) is 0 Å². The second-order valence-electron chi connectivity index (χ2n) is 3.19. The van der Waals surface area contributed by atoms with E-state index in [-0.39, 0.29) is 5.69 Å². The number of pyridine rings is 1. The van der Waals surface area contributed by atoms with Crippen molar-refractivity contribution >= 4 is 11.7 Å². The first-order valence-electron chi connectivity index (χ1n) is 5.00. The Labute approximate surface area is 93.9 Å². The van der Waals surface area contributed by atoms with Crippen molar-refractivity contribution in [2.75, 3.05) is 18.0 Å². The van der Waals surface area contributed by atoms with Crippen LogP contribution in [0.1, 0.15) is 23.8 Å². The van der Waals surface area contributed by atoms with Crippen LogP contribution in [0.4, 0.5) is 5.69 Å². The predicted octanol–water partition coefficient (Wildman–Crippen LogP) is 1.52. The van der Waals surface area contributed by atoms with Crippen molar-refractivity contribution in [3.63, 3.8) is 0 Å². The zero-order chi connectivity index (χ0) is 12.0. The summed E-state index contributed by atoms with van der Waals surface area (Å²) < 4.78 is 0. The van der Waals surface area contributed by atoms with E-state index in [0.29, 0.717) is 13.0 Å². The van der Waals surface area contributed by atoms with Crippen LogP contribution in [0.25, 0.3) is 0 Å². The highest BCUT2D eigenvalue weighted by Gasteiger charge is 2.07.